The van der Waals surface area contributed by atoms with E-state index < -0.39 is 0 Å². The smallest absolute Gasteiger partial charge is 0.153 e. The molecule has 2 fully saturated rings. The van der Waals surface area contributed by atoms with E-state index in [9.17, 15) is 5.11 Å². The van der Waals surface area contributed by atoms with E-state index in [1.54, 1.807) is 6.07 Å². The maximum absolute atomic E-state index is 10.0. The molecule has 5 nitrogen and oxygen atoms in total. The third-order valence-electron chi connectivity index (χ3n) is 6.71. The number of nitrogens with zero attached hydrogens (tertiary/aromatic N) is 3. The number of ether oxygens (including phenoxy) is 1. The normalized spacial score (nSPS) is 23.3. The molecule has 2 aromatic rings. The van der Waals surface area contributed by atoms with Crippen LogP contribution < -0.4 is 4.90 Å². The monoisotopic (exact) mass is 467 g/mol. The first kappa shape index (κ1) is 22.2. The zero-order valence-electron chi connectivity index (χ0n) is 17.5. The second kappa shape index (κ2) is 8.83. The lowest BCUT2D eigenvalue weighted by atomic mass is 9.70. The average Bonchev–Trinajstić information content (AvgIpc) is 3.01. The molecule has 4 rings (SSSR count). The van der Waals surface area contributed by atoms with Gasteiger partial charge in [0.1, 0.15) is 10.7 Å². The van der Waals surface area contributed by atoms with Crippen LogP contribution in [-0.2, 0) is 11.3 Å². The van der Waals surface area contributed by atoms with Crippen LogP contribution in [0.2, 0.25) is 10.0 Å². The van der Waals surface area contributed by atoms with E-state index in [1.165, 1.54) is 11.8 Å². The number of rotatable bonds is 4. The molecular weight excluding hydrogens is 441 g/mol. The third kappa shape index (κ3) is 4.05. The van der Waals surface area contributed by atoms with Crippen LogP contribution in [0.1, 0.15) is 38.1 Å². The fourth-order valence-corrected chi connectivity index (χ4v) is 5.86. The molecule has 0 saturated carbocycles. The summed E-state index contributed by atoms with van der Waals surface area (Å²) in [6, 6.07) is 5.52. The van der Waals surface area contributed by atoms with Crippen molar-refractivity contribution in [2.75, 3.05) is 24.6 Å². The zero-order valence-corrected chi connectivity index (χ0v) is 19.8. The molecule has 2 aliphatic rings. The van der Waals surface area contributed by atoms with Crippen molar-refractivity contribution >= 4 is 40.8 Å². The molecule has 1 aromatic heterocycles. The summed E-state index contributed by atoms with van der Waals surface area (Å²) in [6.45, 7) is 8.91. The van der Waals surface area contributed by atoms with Crippen LogP contribution in [0, 0.1) is 18.3 Å². The third-order valence-corrected chi connectivity index (χ3v) is 8.78. The predicted molar refractivity (Wildman–Crippen MR) is 122 cm³/mol. The van der Waals surface area contributed by atoms with Gasteiger partial charge in [-0.1, -0.05) is 48.0 Å². The zero-order chi connectivity index (χ0) is 21.5. The van der Waals surface area contributed by atoms with E-state index in [4.69, 9.17) is 37.9 Å². The van der Waals surface area contributed by atoms with Crippen LogP contribution in [-0.4, -0.2) is 40.9 Å². The Bertz CT molecular complexity index is 935. The number of aliphatic hydroxyl groups excluding tert-OH is 1. The van der Waals surface area contributed by atoms with Gasteiger partial charge in [-0.2, -0.15) is 0 Å². The summed E-state index contributed by atoms with van der Waals surface area (Å²) in [5, 5.41) is 11.7. The van der Waals surface area contributed by atoms with E-state index >= 15 is 0 Å². The Morgan fingerprint density at radius 2 is 1.97 bits per heavy atom. The van der Waals surface area contributed by atoms with Gasteiger partial charge in [0.15, 0.2) is 5.82 Å². The van der Waals surface area contributed by atoms with Crippen molar-refractivity contribution < 1.29 is 9.84 Å². The van der Waals surface area contributed by atoms with Gasteiger partial charge in [-0.25, -0.2) is 9.97 Å². The van der Waals surface area contributed by atoms with E-state index in [-0.39, 0.29) is 12.0 Å². The van der Waals surface area contributed by atoms with Crippen LogP contribution in [0.5, 0.6) is 0 Å². The Hall–Kier alpha value is -1.05. The van der Waals surface area contributed by atoms with Gasteiger partial charge in [0.2, 0.25) is 0 Å². The van der Waals surface area contributed by atoms with Crippen molar-refractivity contribution in [1.29, 1.82) is 0 Å². The minimum absolute atomic E-state index is 0.155. The first-order valence-electron chi connectivity index (χ1n) is 10.3. The summed E-state index contributed by atoms with van der Waals surface area (Å²) >= 11 is 13.9. The first-order chi connectivity index (χ1) is 14.3. The number of benzene rings is 1. The molecule has 1 spiro atoms. The standard InChI is InChI=1S/C22H27Cl2N3O2S/c1-13-15(3)29-12-22(13)7-9-27(10-8-22)20-17(11-28)26-21(14(2)25-20)30-18-6-4-5-16(23)19(18)24/h4-6,13,15,28H,7-12H2,1-3H3/t13-,15+/m1/s1. The molecule has 0 unspecified atom stereocenters. The van der Waals surface area contributed by atoms with Crippen molar-refractivity contribution in [1.82, 2.24) is 9.97 Å². The van der Waals surface area contributed by atoms with Gasteiger partial charge < -0.3 is 14.7 Å². The summed E-state index contributed by atoms with van der Waals surface area (Å²) < 4.78 is 5.94. The molecule has 30 heavy (non-hydrogen) atoms. The molecule has 0 bridgehead atoms. The Morgan fingerprint density at radius 1 is 1.23 bits per heavy atom. The van der Waals surface area contributed by atoms with Gasteiger partial charge in [-0.3, -0.25) is 0 Å². The summed E-state index contributed by atoms with van der Waals surface area (Å²) in [5.41, 5.74) is 1.67. The van der Waals surface area contributed by atoms with Gasteiger partial charge in [0, 0.05) is 23.4 Å². The molecule has 1 N–H and O–H groups in total. The highest BCUT2D eigenvalue weighted by Gasteiger charge is 2.47. The Labute approximate surface area is 192 Å². The number of hydrogen-bond acceptors (Lipinski definition) is 6. The number of aryl methyl sites for hydroxylation is 1. The maximum Gasteiger partial charge on any atom is 0.153 e. The number of aromatic nitrogens is 2. The molecular formula is C22H27Cl2N3O2S. The lowest BCUT2D eigenvalue weighted by Gasteiger charge is -2.42. The van der Waals surface area contributed by atoms with Gasteiger partial charge in [0.05, 0.1) is 35.1 Å². The molecule has 162 valence electrons. The van der Waals surface area contributed by atoms with Crippen molar-refractivity contribution in [2.45, 2.75) is 56.2 Å². The molecule has 0 amide bonds. The number of hydrogen-bond donors (Lipinski definition) is 1. The van der Waals surface area contributed by atoms with Crippen LogP contribution in [0.4, 0.5) is 5.82 Å². The first-order valence-corrected chi connectivity index (χ1v) is 11.9. The quantitative estimate of drug-likeness (QED) is 0.651. The summed E-state index contributed by atoms with van der Waals surface area (Å²) in [7, 11) is 0. The highest BCUT2D eigenvalue weighted by atomic mass is 35.5. The van der Waals surface area contributed by atoms with E-state index in [1.807, 2.05) is 19.1 Å². The van der Waals surface area contributed by atoms with Crippen LogP contribution in [0.15, 0.2) is 28.1 Å². The second-order valence-corrected chi connectivity index (χ2v) is 10.2. The van der Waals surface area contributed by atoms with Gasteiger partial charge in [-0.05, 0) is 44.7 Å². The summed E-state index contributed by atoms with van der Waals surface area (Å²) in [4.78, 5) is 12.6. The summed E-state index contributed by atoms with van der Waals surface area (Å²) in [5.74, 6) is 1.34. The fraction of sp³-hybridized carbons (Fsp3) is 0.545. The molecule has 8 heteroatoms. The molecule has 1 aromatic carbocycles. The fourth-order valence-electron chi connectivity index (χ4n) is 4.48. The van der Waals surface area contributed by atoms with Crippen LogP contribution >= 0.6 is 35.0 Å². The van der Waals surface area contributed by atoms with Gasteiger partial charge in [-0.15, -0.1) is 0 Å². The molecule has 0 radical (unpaired) electrons. The van der Waals surface area contributed by atoms with Crippen LogP contribution in [0.25, 0.3) is 0 Å². The van der Waals surface area contributed by atoms with Crippen molar-refractivity contribution in [3.05, 3.63) is 39.6 Å². The number of aliphatic hydroxyl groups is 1. The maximum atomic E-state index is 10.0. The topological polar surface area (TPSA) is 58.5 Å². The number of piperidine rings is 1. The van der Waals surface area contributed by atoms with Crippen molar-refractivity contribution in [3.8, 4) is 0 Å². The summed E-state index contributed by atoms with van der Waals surface area (Å²) in [6.07, 6.45) is 2.46. The van der Waals surface area contributed by atoms with Crippen LogP contribution in [0.3, 0.4) is 0 Å². The molecule has 2 aliphatic heterocycles. The van der Waals surface area contributed by atoms with E-state index in [2.05, 4.69) is 18.7 Å². The minimum Gasteiger partial charge on any atom is -0.390 e. The SMILES string of the molecule is Cc1nc(N2CCC3(CC2)CO[C@@H](C)[C@H]3C)c(CO)nc1Sc1cccc(Cl)c1Cl. The lowest BCUT2D eigenvalue weighted by Crippen LogP contribution is -2.44. The van der Waals surface area contributed by atoms with E-state index in [0.29, 0.717) is 27.8 Å². The van der Waals surface area contributed by atoms with Gasteiger partial charge in [0.25, 0.3) is 0 Å². The molecule has 2 saturated heterocycles. The predicted octanol–water partition coefficient (Wildman–Crippen LogP) is 5.38. The van der Waals surface area contributed by atoms with Gasteiger partial charge >= 0.3 is 0 Å². The Kier molecular flexibility index (Phi) is 6.52. The highest BCUT2D eigenvalue weighted by molar-refractivity contribution is 7.99. The average molecular weight is 468 g/mol. The van der Waals surface area contributed by atoms with Crippen molar-refractivity contribution in [3.63, 3.8) is 0 Å². The molecule has 2 atom stereocenters. The minimum atomic E-state index is -0.155. The number of halogens is 2. The number of anilines is 1. The van der Waals surface area contributed by atoms with Crippen molar-refractivity contribution in [2.24, 2.45) is 11.3 Å². The lowest BCUT2D eigenvalue weighted by molar-refractivity contribution is 0.0969. The molecule has 0 aliphatic carbocycles. The molecule has 3 heterocycles. The van der Waals surface area contributed by atoms with E-state index in [0.717, 1.165) is 54.0 Å². The Morgan fingerprint density at radius 3 is 2.60 bits per heavy atom. The second-order valence-electron chi connectivity index (χ2n) is 8.35. The largest absolute Gasteiger partial charge is 0.390 e. The Balaban J connectivity index is 1.55. The highest BCUT2D eigenvalue weighted by Crippen LogP contribution is 2.47.